The van der Waals surface area contributed by atoms with Gasteiger partial charge in [-0.3, -0.25) is 0 Å². The van der Waals surface area contributed by atoms with Crippen LogP contribution in [0, 0.1) is 11.3 Å². The summed E-state index contributed by atoms with van der Waals surface area (Å²) in [6, 6.07) is 12.6. The summed E-state index contributed by atoms with van der Waals surface area (Å²) < 4.78 is 1.57. The molecular weight excluding hydrogens is 308 g/mol. The van der Waals surface area contributed by atoms with Gasteiger partial charge in [0.1, 0.15) is 11.1 Å². The lowest BCUT2D eigenvalue weighted by Crippen LogP contribution is -1.99. The number of nitrogens with zero attached hydrogens (tertiary/aromatic N) is 6. The van der Waals surface area contributed by atoms with E-state index in [-0.39, 0.29) is 0 Å². The minimum Gasteiger partial charge on any atom is -0.248 e. The summed E-state index contributed by atoms with van der Waals surface area (Å²) in [7, 11) is 0. The number of rotatable bonds is 3. The Morgan fingerprint density at radius 1 is 1.19 bits per heavy atom. The van der Waals surface area contributed by atoms with E-state index in [0.717, 1.165) is 5.69 Å². The van der Waals surface area contributed by atoms with Crippen LogP contribution in [-0.4, -0.2) is 25.2 Å². The lowest BCUT2D eigenvalue weighted by Gasteiger charge is -2.04. The molecule has 0 aliphatic carbocycles. The second-order valence-electron chi connectivity index (χ2n) is 3.92. The number of hydrogen-bond donors (Lipinski definition) is 0. The molecule has 0 amide bonds. The standard InChI is InChI=1S/C13H7ClN6S/c14-10-3-5-11(6-4-10)20-13(17-18-19-20)21-12-9(8-15)2-1-7-16-12/h1-7H. The fourth-order valence-electron chi connectivity index (χ4n) is 1.63. The number of tetrazole rings is 1. The molecule has 0 fully saturated rings. The minimum absolute atomic E-state index is 0.480. The first-order valence-corrected chi connectivity index (χ1v) is 7.04. The van der Waals surface area contributed by atoms with Crippen LogP contribution in [0.5, 0.6) is 0 Å². The third kappa shape index (κ3) is 2.86. The van der Waals surface area contributed by atoms with Crippen molar-refractivity contribution >= 4 is 23.4 Å². The first-order chi connectivity index (χ1) is 10.3. The molecule has 0 saturated heterocycles. The fourth-order valence-corrected chi connectivity index (χ4v) is 2.57. The molecule has 102 valence electrons. The predicted molar refractivity (Wildman–Crippen MR) is 77.2 cm³/mol. The van der Waals surface area contributed by atoms with Crippen LogP contribution >= 0.6 is 23.4 Å². The molecule has 0 saturated carbocycles. The Morgan fingerprint density at radius 3 is 2.76 bits per heavy atom. The first-order valence-electron chi connectivity index (χ1n) is 5.85. The van der Waals surface area contributed by atoms with E-state index < -0.39 is 0 Å². The van der Waals surface area contributed by atoms with Crippen LogP contribution in [0.3, 0.4) is 0 Å². The van der Waals surface area contributed by atoms with E-state index in [0.29, 0.717) is 20.8 Å². The predicted octanol–water partition coefficient (Wildman–Crippen LogP) is 2.73. The molecule has 2 aromatic heterocycles. The van der Waals surface area contributed by atoms with Gasteiger partial charge in [-0.2, -0.15) is 9.94 Å². The van der Waals surface area contributed by atoms with Crippen molar-refractivity contribution in [1.82, 2.24) is 25.2 Å². The van der Waals surface area contributed by atoms with Crippen LogP contribution in [0.1, 0.15) is 5.56 Å². The highest BCUT2D eigenvalue weighted by molar-refractivity contribution is 7.99. The largest absolute Gasteiger partial charge is 0.248 e. The Hall–Kier alpha value is -2.43. The highest BCUT2D eigenvalue weighted by Gasteiger charge is 2.13. The van der Waals surface area contributed by atoms with Gasteiger partial charge in [-0.05, 0) is 58.6 Å². The minimum atomic E-state index is 0.480. The highest BCUT2D eigenvalue weighted by Crippen LogP contribution is 2.27. The molecule has 2 heterocycles. The topological polar surface area (TPSA) is 80.3 Å². The summed E-state index contributed by atoms with van der Waals surface area (Å²) in [5.41, 5.74) is 1.26. The number of benzene rings is 1. The maximum Gasteiger partial charge on any atom is 0.220 e. The van der Waals surface area contributed by atoms with Gasteiger partial charge in [-0.25, -0.2) is 4.98 Å². The molecule has 0 unspecified atom stereocenters. The monoisotopic (exact) mass is 314 g/mol. The van der Waals surface area contributed by atoms with Crippen LogP contribution in [0.15, 0.2) is 52.8 Å². The number of nitriles is 1. The van der Waals surface area contributed by atoms with E-state index in [1.54, 1.807) is 35.1 Å². The molecule has 21 heavy (non-hydrogen) atoms. The molecular formula is C13H7ClN6S. The van der Waals surface area contributed by atoms with E-state index in [2.05, 4.69) is 26.6 Å². The lowest BCUT2D eigenvalue weighted by molar-refractivity contribution is 0.756. The summed E-state index contributed by atoms with van der Waals surface area (Å²) in [5, 5.41) is 22.4. The lowest BCUT2D eigenvalue weighted by atomic mass is 10.3. The quantitative estimate of drug-likeness (QED) is 0.739. The summed E-state index contributed by atoms with van der Waals surface area (Å²) >= 11 is 7.10. The van der Waals surface area contributed by atoms with Gasteiger partial charge in [-0.1, -0.05) is 11.6 Å². The molecule has 0 spiro atoms. The normalized spacial score (nSPS) is 10.3. The Balaban J connectivity index is 1.96. The van der Waals surface area contributed by atoms with Crippen molar-refractivity contribution in [2.45, 2.75) is 10.2 Å². The maximum absolute atomic E-state index is 9.09. The Labute approximate surface area is 129 Å². The van der Waals surface area contributed by atoms with Crippen molar-refractivity contribution in [1.29, 1.82) is 5.26 Å². The molecule has 8 heteroatoms. The van der Waals surface area contributed by atoms with E-state index in [1.165, 1.54) is 11.8 Å². The second kappa shape index (κ2) is 5.91. The summed E-state index contributed by atoms with van der Waals surface area (Å²) in [4.78, 5) is 4.18. The number of pyridine rings is 1. The molecule has 0 aliphatic heterocycles. The van der Waals surface area contributed by atoms with E-state index >= 15 is 0 Å². The van der Waals surface area contributed by atoms with Gasteiger partial charge < -0.3 is 0 Å². The van der Waals surface area contributed by atoms with Crippen molar-refractivity contribution in [3.8, 4) is 11.8 Å². The zero-order valence-corrected chi connectivity index (χ0v) is 12.1. The van der Waals surface area contributed by atoms with Crippen molar-refractivity contribution in [2.24, 2.45) is 0 Å². The van der Waals surface area contributed by atoms with Gasteiger partial charge in [0.25, 0.3) is 0 Å². The first kappa shape index (κ1) is 13.5. The maximum atomic E-state index is 9.09. The average Bonchev–Trinajstić information content (AvgIpc) is 2.97. The SMILES string of the molecule is N#Cc1cccnc1Sc1nnnn1-c1ccc(Cl)cc1. The van der Waals surface area contributed by atoms with Gasteiger partial charge in [0, 0.05) is 11.2 Å². The highest BCUT2D eigenvalue weighted by atomic mass is 35.5. The van der Waals surface area contributed by atoms with E-state index in [4.69, 9.17) is 16.9 Å². The van der Waals surface area contributed by atoms with Gasteiger partial charge in [-0.15, -0.1) is 5.10 Å². The summed E-state index contributed by atoms with van der Waals surface area (Å²) in [5.74, 6) is 0. The number of hydrogen-bond acceptors (Lipinski definition) is 6. The molecule has 0 aliphatic rings. The van der Waals surface area contributed by atoms with Gasteiger partial charge >= 0.3 is 0 Å². The number of aromatic nitrogens is 5. The molecule has 3 aromatic rings. The molecule has 0 bridgehead atoms. The molecule has 6 nitrogen and oxygen atoms in total. The van der Waals surface area contributed by atoms with E-state index in [1.807, 2.05) is 12.1 Å². The molecule has 1 aromatic carbocycles. The third-order valence-corrected chi connectivity index (χ3v) is 3.80. The van der Waals surface area contributed by atoms with Crippen LogP contribution in [0.25, 0.3) is 5.69 Å². The Kier molecular flexibility index (Phi) is 3.81. The van der Waals surface area contributed by atoms with Crippen molar-refractivity contribution in [3.63, 3.8) is 0 Å². The second-order valence-corrected chi connectivity index (χ2v) is 5.31. The summed E-state index contributed by atoms with van der Waals surface area (Å²) in [6.45, 7) is 0. The van der Waals surface area contributed by atoms with Gasteiger partial charge in [0.05, 0.1) is 11.3 Å². The van der Waals surface area contributed by atoms with Crippen LogP contribution in [0.4, 0.5) is 0 Å². The molecule has 3 rings (SSSR count). The van der Waals surface area contributed by atoms with Gasteiger partial charge in [0.2, 0.25) is 5.16 Å². The molecule has 0 N–H and O–H groups in total. The third-order valence-electron chi connectivity index (χ3n) is 2.59. The Bertz CT molecular complexity index is 808. The van der Waals surface area contributed by atoms with Crippen LogP contribution < -0.4 is 0 Å². The molecule has 0 radical (unpaired) electrons. The van der Waals surface area contributed by atoms with Crippen molar-refractivity contribution < 1.29 is 0 Å². The zero-order valence-electron chi connectivity index (χ0n) is 10.5. The Morgan fingerprint density at radius 2 is 2.00 bits per heavy atom. The van der Waals surface area contributed by atoms with Crippen molar-refractivity contribution in [3.05, 3.63) is 53.2 Å². The van der Waals surface area contributed by atoms with Crippen molar-refractivity contribution in [2.75, 3.05) is 0 Å². The van der Waals surface area contributed by atoms with Crippen LogP contribution in [0.2, 0.25) is 5.02 Å². The molecule has 0 atom stereocenters. The average molecular weight is 315 g/mol. The summed E-state index contributed by atoms with van der Waals surface area (Å²) in [6.07, 6.45) is 1.62. The fraction of sp³-hybridized carbons (Fsp3) is 0. The smallest absolute Gasteiger partial charge is 0.220 e. The zero-order chi connectivity index (χ0) is 14.7. The number of halogens is 1. The van der Waals surface area contributed by atoms with E-state index in [9.17, 15) is 0 Å². The van der Waals surface area contributed by atoms with Gasteiger partial charge in [0.15, 0.2) is 0 Å². The van der Waals surface area contributed by atoms with Crippen LogP contribution in [-0.2, 0) is 0 Å².